The van der Waals surface area contributed by atoms with E-state index in [1.807, 2.05) is 0 Å². The third-order valence-corrected chi connectivity index (χ3v) is 2.06. The van der Waals surface area contributed by atoms with Gasteiger partial charge in [0.1, 0.15) is 0 Å². The van der Waals surface area contributed by atoms with Crippen molar-refractivity contribution >= 4 is 0 Å². The Kier molecular flexibility index (Phi) is 6.70. The van der Waals surface area contributed by atoms with Crippen molar-refractivity contribution < 1.29 is 0 Å². The molecule has 0 aliphatic heterocycles. The fraction of sp³-hybridized carbons (Fsp3) is 0.636. The topological polar surface area (TPSA) is 49.8 Å². The third-order valence-electron chi connectivity index (χ3n) is 2.06. The average Bonchev–Trinajstić information content (AvgIpc) is 2.29. The van der Waals surface area contributed by atoms with E-state index in [9.17, 15) is 0 Å². The van der Waals surface area contributed by atoms with Crippen molar-refractivity contribution in [2.45, 2.75) is 26.3 Å². The summed E-state index contributed by atoms with van der Waals surface area (Å²) in [5.74, 6) is 0. The zero-order valence-electron chi connectivity index (χ0n) is 9.37. The summed E-state index contributed by atoms with van der Waals surface area (Å²) in [5, 5.41) is 6.70. The first-order valence-electron chi connectivity index (χ1n) is 5.60. The number of hydrogen-bond acceptors (Lipinski definition) is 4. The Morgan fingerprint density at radius 3 is 2.73 bits per heavy atom. The summed E-state index contributed by atoms with van der Waals surface area (Å²) in [6.07, 6.45) is 7.56. The molecule has 1 aromatic rings. The molecule has 0 saturated carbocycles. The van der Waals surface area contributed by atoms with Gasteiger partial charge >= 0.3 is 0 Å². The van der Waals surface area contributed by atoms with E-state index in [-0.39, 0.29) is 0 Å². The van der Waals surface area contributed by atoms with Crippen molar-refractivity contribution in [3.8, 4) is 0 Å². The van der Waals surface area contributed by atoms with Crippen molar-refractivity contribution in [2.24, 2.45) is 0 Å². The zero-order valence-corrected chi connectivity index (χ0v) is 9.37. The standard InChI is InChI=1S/C11H20N4/c1-2-4-12-5-3-6-13-9-11-10-14-7-8-15-11/h7-8,10,12-13H,2-6,9H2,1H3. The summed E-state index contributed by atoms with van der Waals surface area (Å²) in [6.45, 7) is 6.21. The van der Waals surface area contributed by atoms with Crippen LogP contribution in [0.4, 0.5) is 0 Å². The van der Waals surface area contributed by atoms with E-state index in [1.54, 1.807) is 18.6 Å². The number of rotatable bonds is 8. The second-order valence-corrected chi connectivity index (χ2v) is 3.48. The highest BCUT2D eigenvalue weighted by molar-refractivity contribution is 4.93. The van der Waals surface area contributed by atoms with E-state index in [0.29, 0.717) is 0 Å². The first-order valence-corrected chi connectivity index (χ1v) is 5.60. The Balaban J connectivity index is 1.93. The molecule has 0 aliphatic rings. The lowest BCUT2D eigenvalue weighted by atomic mass is 10.3. The van der Waals surface area contributed by atoms with E-state index in [1.165, 1.54) is 6.42 Å². The lowest BCUT2D eigenvalue weighted by Gasteiger charge is -2.04. The number of hydrogen-bond donors (Lipinski definition) is 2. The second-order valence-electron chi connectivity index (χ2n) is 3.48. The summed E-state index contributed by atoms with van der Waals surface area (Å²) in [5.41, 5.74) is 0.999. The largest absolute Gasteiger partial charge is 0.317 e. The second kappa shape index (κ2) is 8.32. The molecule has 0 fully saturated rings. The molecule has 1 rings (SSSR count). The lowest BCUT2D eigenvalue weighted by Crippen LogP contribution is -2.22. The van der Waals surface area contributed by atoms with E-state index in [0.717, 1.165) is 38.3 Å². The maximum atomic E-state index is 4.19. The summed E-state index contributed by atoms with van der Waals surface area (Å²) in [6, 6.07) is 0. The van der Waals surface area contributed by atoms with Gasteiger partial charge in [0.2, 0.25) is 0 Å². The molecule has 0 saturated heterocycles. The van der Waals surface area contributed by atoms with Crippen LogP contribution in [0.25, 0.3) is 0 Å². The molecular formula is C11H20N4. The van der Waals surface area contributed by atoms with Crippen LogP contribution in [0.3, 0.4) is 0 Å². The number of nitrogens with one attached hydrogen (secondary N) is 2. The summed E-state index contributed by atoms with van der Waals surface area (Å²) in [7, 11) is 0. The van der Waals surface area contributed by atoms with Crippen LogP contribution in [-0.2, 0) is 6.54 Å². The van der Waals surface area contributed by atoms with Gasteiger partial charge in [-0.1, -0.05) is 6.92 Å². The Hall–Kier alpha value is -1.00. The van der Waals surface area contributed by atoms with E-state index < -0.39 is 0 Å². The number of nitrogens with zero attached hydrogens (tertiary/aromatic N) is 2. The van der Waals surface area contributed by atoms with Gasteiger partial charge in [-0.2, -0.15) is 0 Å². The first kappa shape index (κ1) is 12.1. The van der Waals surface area contributed by atoms with E-state index in [2.05, 4.69) is 27.5 Å². The molecule has 0 atom stereocenters. The highest BCUT2D eigenvalue weighted by Crippen LogP contribution is 1.88. The maximum absolute atomic E-state index is 4.19. The van der Waals surface area contributed by atoms with Crippen molar-refractivity contribution in [1.82, 2.24) is 20.6 Å². The normalized spacial score (nSPS) is 10.5. The minimum absolute atomic E-state index is 0.807. The molecular weight excluding hydrogens is 188 g/mol. The van der Waals surface area contributed by atoms with Crippen LogP contribution in [0.2, 0.25) is 0 Å². The molecule has 1 heterocycles. The molecule has 84 valence electrons. The molecule has 4 heteroatoms. The van der Waals surface area contributed by atoms with Crippen LogP contribution in [0, 0.1) is 0 Å². The summed E-state index contributed by atoms with van der Waals surface area (Å²) in [4.78, 5) is 8.19. The Morgan fingerprint density at radius 1 is 1.13 bits per heavy atom. The Bertz CT molecular complexity index is 238. The van der Waals surface area contributed by atoms with Gasteiger partial charge in [0.05, 0.1) is 5.69 Å². The van der Waals surface area contributed by atoms with Gasteiger partial charge < -0.3 is 10.6 Å². The quantitative estimate of drug-likeness (QED) is 0.625. The molecule has 15 heavy (non-hydrogen) atoms. The van der Waals surface area contributed by atoms with Gasteiger partial charge in [-0.25, -0.2) is 0 Å². The van der Waals surface area contributed by atoms with Gasteiger partial charge in [-0.3, -0.25) is 9.97 Å². The highest BCUT2D eigenvalue weighted by Gasteiger charge is 1.92. The van der Waals surface area contributed by atoms with Crippen LogP contribution >= 0.6 is 0 Å². The van der Waals surface area contributed by atoms with Crippen LogP contribution < -0.4 is 10.6 Å². The molecule has 0 amide bonds. The first-order chi connectivity index (χ1) is 7.43. The fourth-order valence-corrected chi connectivity index (χ4v) is 1.28. The SMILES string of the molecule is CCCNCCCNCc1cnccn1. The number of aromatic nitrogens is 2. The van der Waals surface area contributed by atoms with Gasteiger partial charge in [0, 0.05) is 25.1 Å². The molecule has 0 spiro atoms. The van der Waals surface area contributed by atoms with E-state index >= 15 is 0 Å². The average molecular weight is 208 g/mol. The van der Waals surface area contributed by atoms with Crippen LogP contribution in [-0.4, -0.2) is 29.6 Å². The highest BCUT2D eigenvalue weighted by atomic mass is 14.9. The Labute approximate surface area is 91.5 Å². The smallest absolute Gasteiger partial charge is 0.0724 e. The lowest BCUT2D eigenvalue weighted by molar-refractivity contribution is 0.588. The van der Waals surface area contributed by atoms with Crippen LogP contribution in [0.5, 0.6) is 0 Å². The van der Waals surface area contributed by atoms with E-state index in [4.69, 9.17) is 0 Å². The predicted molar refractivity (Wildman–Crippen MR) is 61.5 cm³/mol. The fourth-order valence-electron chi connectivity index (χ4n) is 1.28. The van der Waals surface area contributed by atoms with Gasteiger partial charge in [-0.05, 0) is 32.5 Å². The molecule has 0 unspecified atom stereocenters. The summed E-state index contributed by atoms with van der Waals surface area (Å²) >= 11 is 0. The Morgan fingerprint density at radius 2 is 2.00 bits per heavy atom. The van der Waals surface area contributed by atoms with Crippen molar-refractivity contribution in [3.63, 3.8) is 0 Å². The molecule has 0 aromatic carbocycles. The maximum Gasteiger partial charge on any atom is 0.0724 e. The monoisotopic (exact) mass is 208 g/mol. The molecule has 0 radical (unpaired) electrons. The van der Waals surface area contributed by atoms with Gasteiger partial charge in [0.15, 0.2) is 0 Å². The molecule has 1 aromatic heterocycles. The van der Waals surface area contributed by atoms with Crippen molar-refractivity contribution in [3.05, 3.63) is 24.3 Å². The molecule has 0 aliphatic carbocycles. The van der Waals surface area contributed by atoms with Crippen molar-refractivity contribution in [1.29, 1.82) is 0 Å². The van der Waals surface area contributed by atoms with Gasteiger partial charge in [0.25, 0.3) is 0 Å². The van der Waals surface area contributed by atoms with Gasteiger partial charge in [-0.15, -0.1) is 0 Å². The molecule has 0 bridgehead atoms. The summed E-state index contributed by atoms with van der Waals surface area (Å²) < 4.78 is 0. The zero-order chi connectivity index (χ0) is 10.8. The molecule has 2 N–H and O–H groups in total. The molecule has 4 nitrogen and oxygen atoms in total. The minimum atomic E-state index is 0.807. The third kappa shape index (κ3) is 6.14. The van der Waals surface area contributed by atoms with Crippen LogP contribution in [0.1, 0.15) is 25.5 Å². The predicted octanol–water partition coefficient (Wildman–Crippen LogP) is 0.956. The van der Waals surface area contributed by atoms with Crippen LogP contribution in [0.15, 0.2) is 18.6 Å². The van der Waals surface area contributed by atoms with Crippen molar-refractivity contribution in [2.75, 3.05) is 19.6 Å². The minimum Gasteiger partial charge on any atom is -0.317 e.